The Morgan fingerprint density at radius 3 is 2.62 bits per heavy atom. The number of anilines is 1. The molecule has 2 aliphatic rings. The molecule has 0 saturated carbocycles. The van der Waals surface area contributed by atoms with Gasteiger partial charge in [-0.2, -0.15) is 0 Å². The lowest BCUT2D eigenvalue weighted by molar-refractivity contribution is -0.132. The van der Waals surface area contributed by atoms with E-state index < -0.39 is 0 Å². The average Bonchev–Trinajstić information content (AvgIpc) is 3.25. The van der Waals surface area contributed by atoms with Crippen molar-refractivity contribution in [1.82, 2.24) is 14.5 Å². The minimum absolute atomic E-state index is 0.00110. The molecule has 3 heterocycles. The van der Waals surface area contributed by atoms with Crippen LogP contribution in [0.1, 0.15) is 64.5 Å². The third-order valence-electron chi connectivity index (χ3n) is 8.15. The molecule has 0 atom stereocenters. The van der Waals surface area contributed by atoms with Crippen molar-refractivity contribution in [2.45, 2.75) is 64.3 Å². The maximum Gasteiger partial charge on any atom is 0.326 e. The zero-order valence-corrected chi connectivity index (χ0v) is 22.0. The van der Waals surface area contributed by atoms with E-state index in [0.717, 1.165) is 41.7 Å². The van der Waals surface area contributed by atoms with Crippen LogP contribution in [0.15, 0.2) is 47.3 Å². The molecule has 0 aliphatic carbocycles. The van der Waals surface area contributed by atoms with Gasteiger partial charge in [-0.25, -0.2) is 4.79 Å². The van der Waals surface area contributed by atoms with Gasteiger partial charge in [0.05, 0.1) is 16.7 Å². The second-order valence-electron chi connectivity index (χ2n) is 10.8. The molecule has 37 heavy (non-hydrogen) atoms. The van der Waals surface area contributed by atoms with Gasteiger partial charge in [0.15, 0.2) is 6.61 Å². The molecule has 1 N–H and O–H groups in total. The van der Waals surface area contributed by atoms with Crippen LogP contribution in [0, 0.1) is 0 Å². The van der Waals surface area contributed by atoms with Crippen LogP contribution in [0.2, 0.25) is 0 Å². The summed E-state index contributed by atoms with van der Waals surface area (Å²) in [5.74, 6) is 0.749. The first kappa shape index (κ1) is 25.1. The van der Waals surface area contributed by atoms with Gasteiger partial charge in [0, 0.05) is 32.1 Å². The summed E-state index contributed by atoms with van der Waals surface area (Å²) in [7, 11) is 0. The van der Waals surface area contributed by atoms with E-state index >= 15 is 0 Å². The third kappa shape index (κ3) is 4.89. The SMILES string of the molecule is CCC(C)(C)c1ccc2c(c1)N(CCCC(=O)N1CCC(n3c(=O)[nH]c4ccccc43)CC1)C(=O)CO2. The summed E-state index contributed by atoms with van der Waals surface area (Å²) in [5.41, 5.74) is 3.64. The summed E-state index contributed by atoms with van der Waals surface area (Å²) in [6.07, 6.45) is 3.46. The van der Waals surface area contributed by atoms with E-state index in [9.17, 15) is 14.4 Å². The number of hydrogen-bond acceptors (Lipinski definition) is 4. The minimum atomic E-state index is -0.0908. The van der Waals surface area contributed by atoms with Gasteiger partial charge in [-0.1, -0.05) is 39.0 Å². The van der Waals surface area contributed by atoms with Gasteiger partial charge in [-0.15, -0.1) is 0 Å². The van der Waals surface area contributed by atoms with E-state index in [0.29, 0.717) is 32.5 Å². The van der Waals surface area contributed by atoms with Crippen LogP contribution in [0.5, 0.6) is 5.75 Å². The normalized spacial score (nSPS) is 16.7. The zero-order chi connectivity index (χ0) is 26.2. The monoisotopic (exact) mass is 504 g/mol. The Hall–Kier alpha value is -3.55. The number of rotatable bonds is 7. The minimum Gasteiger partial charge on any atom is -0.482 e. The van der Waals surface area contributed by atoms with Crippen molar-refractivity contribution in [3.05, 3.63) is 58.5 Å². The number of para-hydroxylation sites is 2. The number of aromatic nitrogens is 2. The fourth-order valence-electron chi connectivity index (χ4n) is 5.43. The van der Waals surface area contributed by atoms with E-state index in [2.05, 4.69) is 37.9 Å². The molecule has 8 nitrogen and oxygen atoms in total. The van der Waals surface area contributed by atoms with E-state index in [1.54, 1.807) is 4.90 Å². The van der Waals surface area contributed by atoms with Crippen molar-refractivity contribution in [2.75, 3.05) is 31.1 Å². The fraction of sp³-hybridized carbons (Fsp3) is 0.483. The molecule has 3 aromatic rings. The Balaban J connectivity index is 1.18. The number of likely N-dealkylation sites (tertiary alicyclic amines) is 1. The molecule has 196 valence electrons. The standard InChI is InChI=1S/C29H36N4O4/c1-4-29(2,3)20-11-12-25-24(18-20)32(27(35)19-37-25)15-7-10-26(34)31-16-13-21(14-17-31)33-23-9-6-5-8-22(23)30-28(33)36/h5-6,8-9,11-12,18,21H,4,7,10,13-17,19H2,1-3H3,(H,30,36). The molecule has 1 fully saturated rings. The van der Waals surface area contributed by atoms with E-state index in [1.807, 2.05) is 39.8 Å². The third-order valence-corrected chi connectivity index (χ3v) is 8.15. The average molecular weight is 505 g/mol. The van der Waals surface area contributed by atoms with Gasteiger partial charge in [-0.05, 0) is 60.9 Å². The first-order valence-corrected chi connectivity index (χ1v) is 13.3. The first-order valence-electron chi connectivity index (χ1n) is 13.3. The Bertz CT molecular complexity index is 1360. The molecule has 2 aromatic carbocycles. The number of fused-ring (bicyclic) bond motifs is 2. The van der Waals surface area contributed by atoms with Crippen LogP contribution >= 0.6 is 0 Å². The van der Waals surface area contributed by atoms with E-state index in [1.165, 1.54) is 5.56 Å². The number of aromatic amines is 1. The summed E-state index contributed by atoms with van der Waals surface area (Å²) in [6.45, 7) is 8.32. The highest BCUT2D eigenvalue weighted by atomic mass is 16.5. The molecular weight excluding hydrogens is 468 g/mol. The number of piperidine rings is 1. The van der Waals surface area contributed by atoms with Crippen molar-refractivity contribution in [3.63, 3.8) is 0 Å². The van der Waals surface area contributed by atoms with Crippen LogP contribution in [-0.2, 0) is 15.0 Å². The van der Waals surface area contributed by atoms with Gasteiger partial charge in [0.2, 0.25) is 5.91 Å². The summed E-state index contributed by atoms with van der Waals surface area (Å²) < 4.78 is 7.51. The molecule has 1 aromatic heterocycles. The fourth-order valence-corrected chi connectivity index (χ4v) is 5.43. The molecule has 0 spiro atoms. The van der Waals surface area contributed by atoms with Gasteiger partial charge >= 0.3 is 5.69 Å². The van der Waals surface area contributed by atoms with Gasteiger partial charge in [-0.3, -0.25) is 14.2 Å². The number of amides is 2. The van der Waals surface area contributed by atoms with Gasteiger partial charge < -0.3 is 19.5 Å². The molecule has 0 radical (unpaired) electrons. The number of carbonyl (C=O) groups is 2. The van der Waals surface area contributed by atoms with Crippen molar-refractivity contribution in [2.24, 2.45) is 0 Å². The molecule has 2 amide bonds. The largest absolute Gasteiger partial charge is 0.482 e. The molecule has 1 saturated heterocycles. The number of nitrogens with zero attached hydrogens (tertiary/aromatic N) is 3. The van der Waals surface area contributed by atoms with Crippen LogP contribution in [0.25, 0.3) is 11.0 Å². The van der Waals surface area contributed by atoms with Crippen molar-refractivity contribution in [1.29, 1.82) is 0 Å². The van der Waals surface area contributed by atoms with Gasteiger partial charge in [0.1, 0.15) is 5.75 Å². The van der Waals surface area contributed by atoms with E-state index in [4.69, 9.17) is 4.74 Å². The summed E-state index contributed by atoms with van der Waals surface area (Å²) >= 11 is 0. The number of H-pyrrole nitrogens is 1. The van der Waals surface area contributed by atoms with Crippen LogP contribution < -0.4 is 15.3 Å². The number of benzene rings is 2. The van der Waals surface area contributed by atoms with Crippen molar-refractivity contribution < 1.29 is 14.3 Å². The second-order valence-corrected chi connectivity index (χ2v) is 10.8. The van der Waals surface area contributed by atoms with Crippen LogP contribution in [-0.4, -0.2) is 52.5 Å². The molecule has 2 aliphatic heterocycles. The summed E-state index contributed by atoms with van der Waals surface area (Å²) in [5, 5.41) is 0. The number of carbonyl (C=O) groups excluding carboxylic acids is 2. The molecule has 8 heteroatoms. The predicted octanol–water partition coefficient (Wildman–Crippen LogP) is 4.39. The smallest absolute Gasteiger partial charge is 0.326 e. The highest BCUT2D eigenvalue weighted by Crippen LogP contribution is 2.37. The zero-order valence-electron chi connectivity index (χ0n) is 22.0. The lowest BCUT2D eigenvalue weighted by Crippen LogP contribution is -2.42. The Morgan fingerprint density at radius 1 is 1.11 bits per heavy atom. The topological polar surface area (TPSA) is 87.6 Å². The van der Waals surface area contributed by atoms with E-state index in [-0.39, 0.29) is 35.6 Å². The van der Waals surface area contributed by atoms with Crippen LogP contribution in [0.4, 0.5) is 5.69 Å². The second kappa shape index (κ2) is 10.1. The lowest BCUT2D eigenvalue weighted by atomic mass is 9.82. The molecule has 5 rings (SSSR count). The number of nitrogens with one attached hydrogen (secondary N) is 1. The number of hydrogen-bond donors (Lipinski definition) is 1. The predicted molar refractivity (Wildman–Crippen MR) is 144 cm³/mol. The highest BCUT2D eigenvalue weighted by molar-refractivity contribution is 5.98. The maximum atomic E-state index is 13.0. The first-order chi connectivity index (χ1) is 17.8. The highest BCUT2D eigenvalue weighted by Gasteiger charge is 2.29. The Morgan fingerprint density at radius 2 is 1.86 bits per heavy atom. The molecule has 0 unspecified atom stereocenters. The summed E-state index contributed by atoms with van der Waals surface area (Å²) in [4.78, 5) is 44.8. The number of imidazole rings is 1. The summed E-state index contributed by atoms with van der Waals surface area (Å²) in [6, 6.07) is 13.9. The molecular formula is C29H36N4O4. The lowest BCUT2D eigenvalue weighted by Gasteiger charge is -2.33. The van der Waals surface area contributed by atoms with Crippen molar-refractivity contribution in [3.8, 4) is 5.75 Å². The quantitative estimate of drug-likeness (QED) is 0.517. The molecule has 0 bridgehead atoms. The Labute approximate surface area is 217 Å². The van der Waals surface area contributed by atoms with Crippen molar-refractivity contribution >= 4 is 28.5 Å². The Kier molecular flexibility index (Phi) is 6.84. The van der Waals surface area contributed by atoms with Gasteiger partial charge in [0.25, 0.3) is 5.91 Å². The maximum absolute atomic E-state index is 13.0. The van der Waals surface area contributed by atoms with Crippen LogP contribution in [0.3, 0.4) is 0 Å². The number of ether oxygens (including phenoxy) is 1.